The average molecular weight is 840 g/mol. The zero-order valence-electron chi connectivity index (χ0n) is 37.3. The lowest BCUT2D eigenvalue weighted by Gasteiger charge is -2.26. The minimum absolute atomic E-state index is 0.159. The van der Waals surface area contributed by atoms with E-state index in [1.165, 1.54) is 33.4 Å². The van der Waals surface area contributed by atoms with E-state index in [9.17, 15) is 10.5 Å². The van der Waals surface area contributed by atoms with Crippen LogP contribution in [0.1, 0.15) is 77.0 Å². The number of hydrogen-bond acceptors (Lipinski definition) is 3. The number of rotatable bonds is 10. The van der Waals surface area contributed by atoms with Crippen LogP contribution in [0.5, 0.6) is 0 Å². The Balaban J connectivity index is 1.12. The maximum absolute atomic E-state index is 11.0. The molecule has 0 N–H and O–H groups in total. The SMILES string of the molecule is C=C/C=C(\C=C/C)N(C(=C)/C=C\c1c(C)c2c(n1Cc1cc(C#N)c(-n3c4ccccc4c4cc5c(cc43)-c3ccccc3C5(C)C)cc1C#N)C=CC1C=CC=CC21)c1ccccc1. The minimum atomic E-state index is -0.159. The van der Waals surface area contributed by atoms with E-state index in [0.717, 1.165) is 55.8 Å². The number of fused-ring (bicyclic) bond motifs is 9. The molecule has 314 valence electrons. The predicted molar refractivity (Wildman–Crippen MR) is 270 cm³/mol. The Morgan fingerprint density at radius 3 is 2.34 bits per heavy atom. The van der Waals surface area contributed by atoms with Gasteiger partial charge in [0.25, 0.3) is 0 Å². The number of aromatic nitrogens is 2. The van der Waals surface area contributed by atoms with Gasteiger partial charge in [-0.3, -0.25) is 0 Å². The summed E-state index contributed by atoms with van der Waals surface area (Å²) in [6.45, 7) is 17.8. The molecular formula is C60H49N5. The highest BCUT2D eigenvalue weighted by molar-refractivity contribution is 6.11. The Hall–Kier alpha value is -8.12. The highest BCUT2D eigenvalue weighted by Crippen LogP contribution is 2.51. The molecule has 0 saturated carbocycles. The molecule has 0 saturated heterocycles. The average Bonchev–Trinajstić information content (AvgIpc) is 3.88. The van der Waals surface area contributed by atoms with Crippen LogP contribution in [-0.2, 0) is 12.0 Å². The third kappa shape index (κ3) is 6.59. The first-order chi connectivity index (χ1) is 31.7. The van der Waals surface area contributed by atoms with Gasteiger partial charge in [0.2, 0.25) is 0 Å². The van der Waals surface area contributed by atoms with E-state index in [1.807, 2.05) is 55.5 Å². The summed E-state index contributed by atoms with van der Waals surface area (Å²) in [4.78, 5) is 2.12. The molecule has 0 amide bonds. The Morgan fingerprint density at radius 1 is 0.800 bits per heavy atom. The van der Waals surface area contributed by atoms with Gasteiger partial charge < -0.3 is 14.0 Å². The fourth-order valence-electron chi connectivity index (χ4n) is 10.6. The molecule has 5 nitrogen and oxygen atoms in total. The topological polar surface area (TPSA) is 60.7 Å². The lowest BCUT2D eigenvalue weighted by molar-refractivity contribution is 0.661. The zero-order chi connectivity index (χ0) is 45.0. The molecule has 3 aliphatic rings. The van der Waals surface area contributed by atoms with Gasteiger partial charge in [0.15, 0.2) is 0 Å². The Morgan fingerprint density at radius 2 is 1.55 bits per heavy atom. The standard InChI is InChI=1S/C60H49N5/c1-7-18-45(19-8-2)64(46-21-10-9-11-22-46)39(3)28-30-54-40(4)59-47-23-13-12-20-41(47)29-31-56(59)63(54)38-44-32-43(37-62)57(33-42(44)36-61)65-55-27-17-15-25-49(55)51-34-53-50(35-58(51)65)48-24-14-16-26-52(48)60(53,5)6/h7-35,41,47H,1,3,38H2,2,4-6H3/b19-8-,30-28-,45-18+. The molecule has 2 aromatic heterocycles. The summed E-state index contributed by atoms with van der Waals surface area (Å²) in [7, 11) is 0. The summed E-state index contributed by atoms with van der Waals surface area (Å²) in [6.07, 6.45) is 25.4. The molecular weight excluding hydrogens is 791 g/mol. The Labute approximate surface area is 381 Å². The normalized spacial score (nSPS) is 16.7. The number of nitriles is 2. The van der Waals surface area contributed by atoms with Gasteiger partial charge in [-0.2, -0.15) is 10.5 Å². The van der Waals surface area contributed by atoms with Crippen LogP contribution in [0.15, 0.2) is 188 Å². The molecule has 7 aromatic rings. The maximum atomic E-state index is 11.0. The van der Waals surface area contributed by atoms with Crippen LogP contribution in [0, 0.1) is 35.5 Å². The molecule has 5 heteroatoms. The lowest BCUT2D eigenvalue weighted by Crippen LogP contribution is -2.19. The van der Waals surface area contributed by atoms with Crippen molar-refractivity contribution in [3.8, 4) is 29.0 Å². The van der Waals surface area contributed by atoms with Crippen molar-refractivity contribution in [3.05, 3.63) is 239 Å². The summed E-state index contributed by atoms with van der Waals surface area (Å²) in [6, 6.07) is 40.9. The van der Waals surface area contributed by atoms with Crippen molar-refractivity contribution in [3.63, 3.8) is 0 Å². The molecule has 2 heterocycles. The van der Waals surface area contributed by atoms with E-state index in [-0.39, 0.29) is 17.3 Å². The first kappa shape index (κ1) is 40.9. The van der Waals surface area contributed by atoms with Gasteiger partial charge in [0.05, 0.1) is 33.9 Å². The van der Waals surface area contributed by atoms with Crippen LogP contribution in [0.25, 0.3) is 50.8 Å². The molecule has 10 rings (SSSR count). The van der Waals surface area contributed by atoms with Crippen molar-refractivity contribution in [2.45, 2.75) is 45.6 Å². The molecule has 0 bridgehead atoms. The summed E-state index contributed by atoms with van der Waals surface area (Å²) in [5.41, 5.74) is 16.6. The lowest BCUT2D eigenvalue weighted by atomic mass is 9.78. The van der Waals surface area contributed by atoms with Gasteiger partial charge in [-0.15, -0.1) is 0 Å². The molecule has 0 fully saturated rings. The largest absolute Gasteiger partial charge is 0.336 e. The second kappa shape index (κ2) is 16.2. The van der Waals surface area contributed by atoms with Gasteiger partial charge in [0, 0.05) is 63.0 Å². The van der Waals surface area contributed by atoms with Crippen LogP contribution in [0.3, 0.4) is 0 Å². The number of benzene rings is 5. The predicted octanol–water partition coefficient (Wildman–Crippen LogP) is 14.5. The Bertz CT molecular complexity index is 3410. The van der Waals surface area contributed by atoms with Gasteiger partial charge in [-0.25, -0.2) is 0 Å². The smallest absolute Gasteiger partial charge is 0.101 e. The molecule has 5 aromatic carbocycles. The number of nitrogens with zero attached hydrogens (tertiary/aromatic N) is 5. The summed E-state index contributed by atoms with van der Waals surface area (Å²) < 4.78 is 4.50. The zero-order valence-corrected chi connectivity index (χ0v) is 37.3. The Kier molecular flexibility index (Phi) is 10.2. The molecule has 0 aliphatic heterocycles. The monoisotopic (exact) mass is 839 g/mol. The van der Waals surface area contributed by atoms with Crippen molar-refractivity contribution >= 4 is 39.6 Å². The van der Waals surface area contributed by atoms with Crippen molar-refractivity contribution in [1.82, 2.24) is 9.13 Å². The van der Waals surface area contributed by atoms with Gasteiger partial charge in [-0.05, 0) is 126 Å². The third-order valence-electron chi connectivity index (χ3n) is 13.7. The second-order valence-corrected chi connectivity index (χ2v) is 17.6. The van der Waals surface area contributed by atoms with E-state index in [2.05, 4.69) is 182 Å². The number of allylic oxidation sites excluding steroid dienone is 10. The van der Waals surface area contributed by atoms with Crippen LogP contribution in [0.2, 0.25) is 0 Å². The molecule has 0 spiro atoms. The number of para-hydroxylation sites is 2. The fraction of sp³-hybridized carbons (Fsp3) is 0.133. The first-order valence-corrected chi connectivity index (χ1v) is 22.3. The molecule has 2 unspecified atom stereocenters. The molecule has 2 atom stereocenters. The summed E-state index contributed by atoms with van der Waals surface area (Å²) in [5, 5.41) is 24.3. The van der Waals surface area contributed by atoms with Crippen LogP contribution in [0.4, 0.5) is 5.69 Å². The van der Waals surface area contributed by atoms with Crippen molar-refractivity contribution in [1.29, 1.82) is 10.5 Å². The van der Waals surface area contributed by atoms with Crippen molar-refractivity contribution in [2.75, 3.05) is 4.90 Å². The number of hydrogen-bond donors (Lipinski definition) is 0. The van der Waals surface area contributed by atoms with Gasteiger partial charge in [0.1, 0.15) is 6.07 Å². The van der Waals surface area contributed by atoms with Gasteiger partial charge in [-0.1, -0.05) is 130 Å². The van der Waals surface area contributed by atoms with E-state index >= 15 is 0 Å². The van der Waals surface area contributed by atoms with Crippen LogP contribution < -0.4 is 4.90 Å². The third-order valence-corrected chi connectivity index (χ3v) is 13.7. The van der Waals surface area contributed by atoms with Crippen LogP contribution in [-0.4, -0.2) is 9.13 Å². The second-order valence-electron chi connectivity index (χ2n) is 17.6. The summed E-state index contributed by atoms with van der Waals surface area (Å²) >= 11 is 0. The van der Waals surface area contributed by atoms with E-state index in [0.29, 0.717) is 23.4 Å². The number of anilines is 1. The quantitative estimate of drug-likeness (QED) is 0.129. The van der Waals surface area contributed by atoms with E-state index in [4.69, 9.17) is 0 Å². The highest BCUT2D eigenvalue weighted by atomic mass is 15.1. The summed E-state index contributed by atoms with van der Waals surface area (Å²) in [5.74, 6) is 0.428. The maximum Gasteiger partial charge on any atom is 0.101 e. The van der Waals surface area contributed by atoms with E-state index in [1.54, 1.807) is 6.08 Å². The molecule has 65 heavy (non-hydrogen) atoms. The highest BCUT2D eigenvalue weighted by Gasteiger charge is 2.36. The molecule has 0 radical (unpaired) electrons. The van der Waals surface area contributed by atoms with Gasteiger partial charge >= 0.3 is 0 Å². The van der Waals surface area contributed by atoms with Crippen molar-refractivity contribution < 1.29 is 0 Å². The first-order valence-electron chi connectivity index (χ1n) is 22.3. The van der Waals surface area contributed by atoms with Crippen molar-refractivity contribution in [2.24, 2.45) is 5.92 Å². The van der Waals surface area contributed by atoms with Crippen LogP contribution >= 0.6 is 0 Å². The fourth-order valence-corrected chi connectivity index (χ4v) is 10.6. The van der Waals surface area contributed by atoms with E-state index < -0.39 is 0 Å². The molecule has 3 aliphatic carbocycles. The minimum Gasteiger partial charge on any atom is -0.336 e.